The van der Waals surface area contributed by atoms with Crippen molar-refractivity contribution >= 4 is 26.7 Å². The molecule has 2 heterocycles. The Labute approximate surface area is 123 Å². The molecule has 0 unspecified atom stereocenters. The highest BCUT2D eigenvalue weighted by Gasteiger charge is 2.21. The van der Waals surface area contributed by atoms with E-state index in [1.54, 1.807) is 18.4 Å². The van der Waals surface area contributed by atoms with Crippen LogP contribution in [0.5, 0.6) is 0 Å². The predicted molar refractivity (Wildman–Crippen MR) is 84.5 cm³/mol. The summed E-state index contributed by atoms with van der Waals surface area (Å²) in [6.45, 7) is 5.26. The predicted octanol–water partition coefficient (Wildman–Crippen LogP) is 2.68. The number of ether oxygens (including phenoxy) is 1. The van der Waals surface area contributed by atoms with Crippen LogP contribution in [0.4, 0.5) is 5.13 Å². The van der Waals surface area contributed by atoms with E-state index >= 15 is 0 Å². The van der Waals surface area contributed by atoms with Crippen LogP contribution in [0.3, 0.4) is 0 Å². The van der Waals surface area contributed by atoms with Crippen molar-refractivity contribution in [1.29, 1.82) is 0 Å². The molecule has 1 aliphatic heterocycles. The first-order chi connectivity index (χ1) is 9.85. The van der Waals surface area contributed by atoms with Gasteiger partial charge in [0.25, 0.3) is 0 Å². The average Bonchev–Trinajstić information content (AvgIpc) is 3.09. The lowest BCUT2D eigenvalue weighted by atomic mass is 10.1. The molecular weight excluding hydrogens is 270 g/mol. The molecule has 1 aliphatic rings. The van der Waals surface area contributed by atoms with Crippen LogP contribution in [0.25, 0.3) is 10.2 Å². The summed E-state index contributed by atoms with van der Waals surface area (Å²) in [5.74, 6) is 0.721. The fourth-order valence-electron chi connectivity index (χ4n) is 2.68. The van der Waals surface area contributed by atoms with E-state index in [0.29, 0.717) is 0 Å². The van der Waals surface area contributed by atoms with Crippen molar-refractivity contribution in [1.82, 2.24) is 9.88 Å². The Balaban J connectivity index is 1.50. The number of likely N-dealkylation sites (tertiary alicyclic amines) is 1. The highest BCUT2D eigenvalue weighted by molar-refractivity contribution is 7.22. The Morgan fingerprint density at radius 1 is 1.45 bits per heavy atom. The third-order valence-corrected chi connectivity index (χ3v) is 4.81. The zero-order chi connectivity index (χ0) is 13.8. The monoisotopic (exact) mass is 291 g/mol. The summed E-state index contributed by atoms with van der Waals surface area (Å²) in [6.07, 6.45) is 1.27. The largest absolute Gasteiger partial charge is 0.383 e. The Bertz CT molecular complexity index is 524. The lowest BCUT2D eigenvalue weighted by Gasteiger charge is -2.15. The van der Waals surface area contributed by atoms with Crippen LogP contribution < -0.4 is 5.32 Å². The van der Waals surface area contributed by atoms with Crippen molar-refractivity contribution in [2.75, 3.05) is 45.2 Å². The second kappa shape index (κ2) is 6.52. The minimum atomic E-state index is 0.721. The van der Waals surface area contributed by atoms with Crippen molar-refractivity contribution in [3.63, 3.8) is 0 Å². The number of benzene rings is 1. The Hall–Kier alpha value is -1.17. The summed E-state index contributed by atoms with van der Waals surface area (Å²) in [7, 11) is 1.77. The normalized spacial score (nSPS) is 19.8. The maximum Gasteiger partial charge on any atom is 0.183 e. The van der Waals surface area contributed by atoms with Gasteiger partial charge in [0.15, 0.2) is 5.13 Å². The quantitative estimate of drug-likeness (QED) is 0.888. The fourth-order valence-corrected chi connectivity index (χ4v) is 3.56. The molecule has 4 nitrogen and oxygen atoms in total. The van der Waals surface area contributed by atoms with E-state index in [9.17, 15) is 0 Å². The molecule has 0 amide bonds. The molecule has 0 aliphatic carbocycles. The molecule has 0 saturated carbocycles. The van der Waals surface area contributed by atoms with E-state index in [1.165, 1.54) is 24.2 Å². The Morgan fingerprint density at radius 3 is 3.20 bits per heavy atom. The van der Waals surface area contributed by atoms with Gasteiger partial charge in [-0.05, 0) is 31.0 Å². The van der Waals surface area contributed by atoms with E-state index in [2.05, 4.69) is 33.4 Å². The van der Waals surface area contributed by atoms with E-state index in [0.717, 1.165) is 36.3 Å². The summed E-state index contributed by atoms with van der Waals surface area (Å²) >= 11 is 1.74. The molecule has 1 aromatic heterocycles. The first kappa shape index (κ1) is 13.8. The molecule has 5 heteroatoms. The summed E-state index contributed by atoms with van der Waals surface area (Å²) in [4.78, 5) is 7.10. The van der Waals surface area contributed by atoms with Crippen molar-refractivity contribution in [2.24, 2.45) is 5.92 Å². The maximum absolute atomic E-state index is 5.14. The number of anilines is 1. The topological polar surface area (TPSA) is 37.4 Å². The van der Waals surface area contributed by atoms with E-state index in [1.807, 2.05) is 6.07 Å². The molecular formula is C15H21N3OS. The zero-order valence-electron chi connectivity index (χ0n) is 11.8. The molecule has 1 saturated heterocycles. The highest BCUT2D eigenvalue weighted by atomic mass is 32.1. The van der Waals surface area contributed by atoms with Crippen LogP contribution in [0.2, 0.25) is 0 Å². The third kappa shape index (κ3) is 3.29. The molecule has 1 fully saturated rings. The fraction of sp³-hybridized carbons (Fsp3) is 0.533. The van der Waals surface area contributed by atoms with Gasteiger partial charge < -0.3 is 15.0 Å². The molecule has 1 atom stereocenters. The molecule has 1 aromatic carbocycles. The molecule has 3 rings (SSSR count). The smallest absolute Gasteiger partial charge is 0.183 e. The number of methoxy groups -OCH3 is 1. The number of fused-ring (bicyclic) bond motifs is 1. The van der Waals surface area contributed by atoms with Gasteiger partial charge in [-0.15, -0.1) is 0 Å². The van der Waals surface area contributed by atoms with Crippen molar-refractivity contribution in [3.05, 3.63) is 24.3 Å². The number of hydrogen-bond donors (Lipinski definition) is 1. The van der Waals surface area contributed by atoms with Crippen LogP contribution in [0, 0.1) is 5.92 Å². The van der Waals surface area contributed by atoms with Crippen molar-refractivity contribution < 1.29 is 4.74 Å². The second-order valence-electron chi connectivity index (χ2n) is 5.32. The molecule has 0 spiro atoms. The third-order valence-electron chi connectivity index (χ3n) is 3.82. The maximum atomic E-state index is 5.14. The summed E-state index contributed by atoms with van der Waals surface area (Å²) in [6, 6.07) is 8.30. The van der Waals surface area contributed by atoms with Gasteiger partial charge in [-0.2, -0.15) is 0 Å². The number of thiazole rings is 1. The van der Waals surface area contributed by atoms with E-state index in [-0.39, 0.29) is 0 Å². The minimum Gasteiger partial charge on any atom is -0.383 e. The number of nitrogens with zero attached hydrogens (tertiary/aromatic N) is 2. The Kier molecular flexibility index (Phi) is 4.50. The van der Waals surface area contributed by atoms with Gasteiger partial charge in [-0.3, -0.25) is 0 Å². The highest BCUT2D eigenvalue weighted by Crippen LogP contribution is 2.26. The number of nitrogens with one attached hydrogen (secondary N) is 1. The standard InChI is InChI=1S/C15H21N3OS/c1-19-9-8-18-7-6-12(11-18)10-16-15-17-13-4-2-3-5-14(13)20-15/h2-5,12H,6-11H2,1H3,(H,16,17)/t12-/m0/s1. The van der Waals surface area contributed by atoms with Gasteiger partial charge in [0, 0.05) is 26.7 Å². The first-order valence-electron chi connectivity index (χ1n) is 7.16. The SMILES string of the molecule is COCCN1CC[C@@H](CNc2nc3ccccc3s2)C1. The molecule has 0 radical (unpaired) electrons. The van der Waals surface area contributed by atoms with Crippen LogP contribution in [0.1, 0.15) is 6.42 Å². The van der Waals surface area contributed by atoms with Crippen LogP contribution in [0.15, 0.2) is 24.3 Å². The van der Waals surface area contributed by atoms with Gasteiger partial charge in [-0.1, -0.05) is 23.5 Å². The second-order valence-corrected chi connectivity index (χ2v) is 6.35. The lowest BCUT2D eigenvalue weighted by molar-refractivity contribution is 0.159. The van der Waals surface area contributed by atoms with Gasteiger partial charge in [0.05, 0.1) is 16.8 Å². The summed E-state index contributed by atoms with van der Waals surface area (Å²) in [5.41, 5.74) is 1.09. The van der Waals surface area contributed by atoms with Gasteiger partial charge >= 0.3 is 0 Å². The number of para-hydroxylation sites is 1. The zero-order valence-corrected chi connectivity index (χ0v) is 12.7. The molecule has 0 bridgehead atoms. The molecule has 20 heavy (non-hydrogen) atoms. The Morgan fingerprint density at radius 2 is 2.35 bits per heavy atom. The summed E-state index contributed by atoms with van der Waals surface area (Å²) < 4.78 is 6.39. The first-order valence-corrected chi connectivity index (χ1v) is 7.97. The van der Waals surface area contributed by atoms with E-state index < -0.39 is 0 Å². The average molecular weight is 291 g/mol. The number of rotatable bonds is 6. The van der Waals surface area contributed by atoms with Crippen LogP contribution in [-0.2, 0) is 4.74 Å². The molecule has 1 N–H and O–H groups in total. The van der Waals surface area contributed by atoms with Gasteiger partial charge in [0.2, 0.25) is 0 Å². The lowest BCUT2D eigenvalue weighted by Crippen LogP contribution is -2.26. The molecule has 108 valence electrons. The molecule has 2 aromatic rings. The number of aromatic nitrogens is 1. The van der Waals surface area contributed by atoms with Crippen LogP contribution >= 0.6 is 11.3 Å². The minimum absolute atomic E-state index is 0.721. The summed E-state index contributed by atoms with van der Waals surface area (Å²) in [5, 5.41) is 4.55. The number of hydrogen-bond acceptors (Lipinski definition) is 5. The van der Waals surface area contributed by atoms with Crippen molar-refractivity contribution in [2.45, 2.75) is 6.42 Å². The van der Waals surface area contributed by atoms with Crippen LogP contribution in [-0.4, -0.2) is 49.8 Å². The van der Waals surface area contributed by atoms with Crippen molar-refractivity contribution in [3.8, 4) is 0 Å². The van der Waals surface area contributed by atoms with Gasteiger partial charge in [0.1, 0.15) is 0 Å². The van der Waals surface area contributed by atoms with E-state index in [4.69, 9.17) is 4.74 Å². The van der Waals surface area contributed by atoms with Gasteiger partial charge in [-0.25, -0.2) is 4.98 Å².